The van der Waals surface area contributed by atoms with Crippen LogP contribution in [0.25, 0.3) is 0 Å². The maximum atomic E-state index is 12.1. The van der Waals surface area contributed by atoms with Crippen molar-refractivity contribution in [2.75, 3.05) is 19.3 Å². The van der Waals surface area contributed by atoms with Crippen molar-refractivity contribution in [3.05, 3.63) is 23.8 Å². The Morgan fingerprint density at radius 1 is 1.47 bits per heavy atom. The van der Waals surface area contributed by atoms with Crippen LogP contribution in [0.3, 0.4) is 0 Å². The van der Waals surface area contributed by atoms with Crippen molar-refractivity contribution < 1.29 is 8.42 Å². The van der Waals surface area contributed by atoms with E-state index in [1.807, 2.05) is 13.0 Å². The highest BCUT2D eigenvalue weighted by Crippen LogP contribution is 2.22. The van der Waals surface area contributed by atoms with Crippen LogP contribution in [0.5, 0.6) is 0 Å². The maximum Gasteiger partial charge on any atom is 0.244 e. The van der Waals surface area contributed by atoms with Gasteiger partial charge >= 0.3 is 0 Å². The third kappa shape index (κ3) is 2.96. The van der Waals surface area contributed by atoms with Gasteiger partial charge in [-0.2, -0.15) is 9.57 Å². The fraction of sp³-hybridized carbons (Fsp3) is 0.364. The lowest BCUT2D eigenvalue weighted by molar-refractivity contribution is 0.477. The lowest BCUT2D eigenvalue weighted by Gasteiger charge is -2.17. The number of nitrogen functional groups attached to an aromatic ring is 1. The average Bonchev–Trinajstić information content (AvgIpc) is 2.25. The first-order chi connectivity index (χ1) is 7.89. The highest BCUT2D eigenvalue weighted by atomic mass is 32.2. The molecule has 0 spiro atoms. The lowest BCUT2D eigenvalue weighted by atomic mass is 10.2. The molecule has 1 rings (SSSR count). The van der Waals surface area contributed by atoms with Gasteiger partial charge in [0.2, 0.25) is 10.0 Å². The molecule has 1 aromatic rings. The molecule has 0 unspecified atom stereocenters. The van der Waals surface area contributed by atoms with Gasteiger partial charge < -0.3 is 5.73 Å². The molecule has 0 bridgehead atoms. The predicted molar refractivity (Wildman–Crippen MR) is 65.6 cm³/mol. The third-order valence-electron chi connectivity index (χ3n) is 2.39. The number of hydrogen-bond donors (Lipinski definition) is 1. The average molecular weight is 253 g/mol. The zero-order chi connectivity index (χ0) is 13.1. The molecule has 0 aliphatic carbocycles. The van der Waals surface area contributed by atoms with Crippen LogP contribution in [0, 0.1) is 18.3 Å². The van der Waals surface area contributed by atoms with E-state index in [2.05, 4.69) is 0 Å². The molecule has 5 nitrogen and oxygen atoms in total. The van der Waals surface area contributed by atoms with E-state index < -0.39 is 10.0 Å². The molecule has 0 heterocycles. The fourth-order valence-electron chi connectivity index (χ4n) is 1.40. The first kappa shape index (κ1) is 13.5. The fourth-order valence-corrected chi connectivity index (χ4v) is 2.66. The van der Waals surface area contributed by atoms with Crippen LogP contribution in [0.1, 0.15) is 12.0 Å². The van der Waals surface area contributed by atoms with Crippen molar-refractivity contribution in [1.82, 2.24) is 4.31 Å². The van der Waals surface area contributed by atoms with Gasteiger partial charge in [-0.25, -0.2) is 8.42 Å². The van der Waals surface area contributed by atoms with Gasteiger partial charge in [0.25, 0.3) is 0 Å². The maximum absolute atomic E-state index is 12.1. The molecular formula is C11H15N3O2S. The summed E-state index contributed by atoms with van der Waals surface area (Å²) in [4.78, 5) is 0.0866. The van der Waals surface area contributed by atoms with Crippen LogP contribution >= 0.6 is 0 Å². The molecule has 0 amide bonds. The molecule has 0 aliphatic rings. The zero-order valence-corrected chi connectivity index (χ0v) is 10.7. The highest BCUT2D eigenvalue weighted by molar-refractivity contribution is 7.89. The summed E-state index contributed by atoms with van der Waals surface area (Å²) in [6.45, 7) is 2.00. The number of sulfonamides is 1. The van der Waals surface area contributed by atoms with Crippen LogP contribution in [-0.2, 0) is 10.0 Å². The van der Waals surface area contributed by atoms with E-state index in [-0.39, 0.29) is 23.5 Å². The van der Waals surface area contributed by atoms with Crippen LogP contribution in [0.15, 0.2) is 23.1 Å². The standard InChI is InChI=1S/C11H15N3O2S/c1-9-4-5-11(10(13)8-9)17(15,16)14(2)7-3-6-12/h4-5,8H,3,7,13H2,1-2H3. The van der Waals surface area contributed by atoms with Crippen molar-refractivity contribution in [3.63, 3.8) is 0 Å². The van der Waals surface area contributed by atoms with Gasteiger partial charge in [0.1, 0.15) is 4.90 Å². The molecule has 0 fully saturated rings. The number of nitriles is 1. The Morgan fingerprint density at radius 3 is 2.65 bits per heavy atom. The molecule has 1 aromatic carbocycles. The third-order valence-corrected chi connectivity index (χ3v) is 4.32. The molecule has 6 heteroatoms. The van der Waals surface area contributed by atoms with E-state index in [1.165, 1.54) is 13.1 Å². The van der Waals surface area contributed by atoms with Crippen molar-refractivity contribution in [3.8, 4) is 6.07 Å². The van der Waals surface area contributed by atoms with Crippen LogP contribution in [0.4, 0.5) is 5.69 Å². The number of anilines is 1. The van der Waals surface area contributed by atoms with E-state index in [0.29, 0.717) is 0 Å². The monoisotopic (exact) mass is 253 g/mol. The van der Waals surface area contributed by atoms with Crippen LogP contribution in [0.2, 0.25) is 0 Å². The highest BCUT2D eigenvalue weighted by Gasteiger charge is 2.22. The van der Waals surface area contributed by atoms with Crippen molar-refractivity contribution in [1.29, 1.82) is 5.26 Å². The van der Waals surface area contributed by atoms with E-state index in [1.54, 1.807) is 12.1 Å². The van der Waals surface area contributed by atoms with E-state index in [9.17, 15) is 8.42 Å². The first-order valence-corrected chi connectivity index (χ1v) is 6.53. The Morgan fingerprint density at radius 2 is 2.12 bits per heavy atom. The molecule has 0 saturated heterocycles. The van der Waals surface area contributed by atoms with Gasteiger partial charge in [-0.1, -0.05) is 6.07 Å². The molecule has 92 valence electrons. The Kier molecular flexibility index (Phi) is 4.10. The van der Waals surface area contributed by atoms with E-state index >= 15 is 0 Å². The second-order valence-corrected chi connectivity index (χ2v) is 5.79. The Labute approximate surface area is 102 Å². The Hall–Kier alpha value is -1.58. The Balaban J connectivity index is 3.09. The van der Waals surface area contributed by atoms with Crippen molar-refractivity contribution in [2.24, 2.45) is 0 Å². The summed E-state index contributed by atoms with van der Waals surface area (Å²) in [5.41, 5.74) is 6.84. The number of aryl methyl sites for hydroxylation is 1. The van der Waals surface area contributed by atoms with E-state index in [4.69, 9.17) is 11.0 Å². The van der Waals surface area contributed by atoms with Gasteiger partial charge in [-0.3, -0.25) is 0 Å². The minimum absolute atomic E-state index is 0.0866. The van der Waals surface area contributed by atoms with Gasteiger partial charge in [0.05, 0.1) is 11.8 Å². The van der Waals surface area contributed by atoms with E-state index in [0.717, 1.165) is 9.87 Å². The summed E-state index contributed by atoms with van der Waals surface area (Å²) in [7, 11) is -2.16. The second-order valence-electron chi connectivity index (χ2n) is 3.78. The quantitative estimate of drug-likeness (QED) is 0.814. The number of nitrogens with two attached hydrogens (primary N) is 1. The summed E-state index contributed by atoms with van der Waals surface area (Å²) < 4.78 is 25.3. The second kappa shape index (κ2) is 5.17. The lowest BCUT2D eigenvalue weighted by Crippen LogP contribution is -2.28. The predicted octanol–water partition coefficient (Wildman–Crippen LogP) is 1.11. The van der Waals surface area contributed by atoms with Crippen LogP contribution in [-0.4, -0.2) is 26.3 Å². The van der Waals surface area contributed by atoms with Gasteiger partial charge in [-0.05, 0) is 24.6 Å². The summed E-state index contributed by atoms with van der Waals surface area (Å²) in [5.74, 6) is 0. The molecular weight excluding hydrogens is 238 g/mol. The summed E-state index contributed by atoms with van der Waals surface area (Å²) in [6.07, 6.45) is 0.154. The molecule has 0 aromatic heterocycles. The number of benzene rings is 1. The molecule has 0 saturated carbocycles. The SMILES string of the molecule is Cc1ccc(S(=O)(=O)N(C)CCC#N)c(N)c1. The minimum Gasteiger partial charge on any atom is -0.398 e. The summed E-state index contributed by atoms with van der Waals surface area (Å²) in [5, 5.41) is 8.45. The summed E-state index contributed by atoms with van der Waals surface area (Å²) in [6, 6.07) is 6.71. The van der Waals surface area contributed by atoms with Gasteiger partial charge in [0.15, 0.2) is 0 Å². The number of nitrogens with zero attached hydrogens (tertiary/aromatic N) is 2. The zero-order valence-electron chi connectivity index (χ0n) is 9.84. The summed E-state index contributed by atoms with van der Waals surface area (Å²) >= 11 is 0. The van der Waals surface area contributed by atoms with Gasteiger partial charge in [-0.15, -0.1) is 0 Å². The first-order valence-electron chi connectivity index (χ1n) is 5.09. The number of rotatable bonds is 4. The molecule has 0 aliphatic heterocycles. The van der Waals surface area contributed by atoms with Crippen molar-refractivity contribution >= 4 is 15.7 Å². The van der Waals surface area contributed by atoms with Crippen LogP contribution < -0.4 is 5.73 Å². The largest absolute Gasteiger partial charge is 0.398 e. The normalized spacial score (nSPS) is 11.4. The smallest absolute Gasteiger partial charge is 0.244 e. The molecule has 0 radical (unpaired) electrons. The van der Waals surface area contributed by atoms with Crippen molar-refractivity contribution in [2.45, 2.75) is 18.2 Å². The molecule has 2 N–H and O–H groups in total. The Bertz CT molecular complexity index is 546. The number of hydrogen-bond acceptors (Lipinski definition) is 4. The molecule has 0 atom stereocenters. The molecule has 17 heavy (non-hydrogen) atoms. The van der Waals surface area contributed by atoms with Gasteiger partial charge in [0, 0.05) is 20.0 Å². The minimum atomic E-state index is -3.60. The topological polar surface area (TPSA) is 87.2 Å².